The number of aromatic nitrogens is 4. The zero-order valence-corrected chi connectivity index (χ0v) is 16.8. The van der Waals surface area contributed by atoms with Crippen LogP contribution in [0.2, 0.25) is 0 Å². The van der Waals surface area contributed by atoms with Crippen LogP contribution in [0, 0.1) is 0 Å². The normalized spacial score (nSPS) is 15.1. The molecule has 158 valence electrons. The summed E-state index contributed by atoms with van der Waals surface area (Å²) in [7, 11) is 1.23. The van der Waals surface area contributed by atoms with Crippen molar-refractivity contribution in [2.45, 2.75) is 13.0 Å². The van der Waals surface area contributed by atoms with E-state index < -0.39 is 17.8 Å². The molecule has 2 heterocycles. The highest BCUT2D eigenvalue weighted by atomic mass is 16.5. The first kappa shape index (κ1) is 20.1. The van der Waals surface area contributed by atoms with E-state index in [-0.39, 0.29) is 23.0 Å². The lowest BCUT2D eigenvalue weighted by Crippen LogP contribution is -2.32. The fraction of sp³-hybridized carbons (Fsp3) is 0.190. The van der Waals surface area contributed by atoms with Gasteiger partial charge in [-0.15, -0.1) is 0 Å². The molecule has 3 aromatic rings. The summed E-state index contributed by atoms with van der Waals surface area (Å²) < 4.78 is 11.7. The number of esters is 1. The maximum Gasteiger partial charge on any atom is 0.355 e. The lowest BCUT2D eigenvalue weighted by atomic mass is 9.89. The number of nitrogens with zero attached hydrogens (tertiary/aromatic N) is 4. The summed E-state index contributed by atoms with van der Waals surface area (Å²) in [5.74, 6) is -0.267. The van der Waals surface area contributed by atoms with E-state index in [1.807, 2.05) is 6.92 Å². The Bertz CT molecular complexity index is 1150. The highest BCUT2D eigenvalue weighted by molar-refractivity contribution is 6.14. The zero-order valence-electron chi connectivity index (χ0n) is 16.8. The second-order valence-corrected chi connectivity index (χ2v) is 6.63. The summed E-state index contributed by atoms with van der Waals surface area (Å²) in [6, 6.07) is 12.0. The van der Waals surface area contributed by atoms with Gasteiger partial charge in [0, 0.05) is 5.56 Å². The molecule has 2 aromatic carbocycles. The molecule has 31 heavy (non-hydrogen) atoms. The van der Waals surface area contributed by atoms with Gasteiger partial charge in [0.2, 0.25) is 5.95 Å². The average Bonchev–Trinajstić information content (AvgIpc) is 3.26. The molecule has 4 rings (SSSR count). The Hall–Kier alpha value is -4.21. The van der Waals surface area contributed by atoms with Crippen molar-refractivity contribution in [3.63, 3.8) is 0 Å². The van der Waals surface area contributed by atoms with E-state index in [1.54, 1.807) is 36.4 Å². The number of allylic oxidation sites excluding steroid dienone is 1. The van der Waals surface area contributed by atoms with Crippen molar-refractivity contribution >= 4 is 17.7 Å². The van der Waals surface area contributed by atoms with Gasteiger partial charge in [-0.05, 0) is 59.3 Å². The largest absolute Gasteiger partial charge is 0.508 e. The second-order valence-electron chi connectivity index (χ2n) is 6.63. The van der Waals surface area contributed by atoms with Crippen molar-refractivity contribution < 1.29 is 24.2 Å². The Morgan fingerprint density at radius 1 is 1.13 bits per heavy atom. The van der Waals surface area contributed by atoms with Crippen LogP contribution < -0.4 is 10.1 Å². The van der Waals surface area contributed by atoms with Crippen LogP contribution >= 0.6 is 0 Å². The molecule has 0 aliphatic carbocycles. The van der Waals surface area contributed by atoms with Crippen LogP contribution in [-0.4, -0.2) is 50.8 Å². The Labute approximate surface area is 177 Å². The number of fused-ring (bicyclic) bond motifs is 1. The van der Waals surface area contributed by atoms with E-state index >= 15 is 0 Å². The third kappa shape index (κ3) is 3.70. The summed E-state index contributed by atoms with van der Waals surface area (Å²) in [5, 5.41) is 24.0. The first-order valence-electron chi connectivity index (χ1n) is 9.47. The van der Waals surface area contributed by atoms with Gasteiger partial charge < -0.3 is 19.9 Å². The van der Waals surface area contributed by atoms with Crippen molar-refractivity contribution in [2.75, 3.05) is 19.0 Å². The number of Topliss-reactive ketones (excluding diaryl/α,β-unsaturated/α-hetero) is 1. The molecule has 10 heteroatoms. The Morgan fingerprint density at radius 2 is 1.84 bits per heavy atom. The molecule has 0 saturated carbocycles. The molecule has 1 aromatic heterocycles. The highest BCUT2D eigenvalue weighted by Crippen LogP contribution is 2.37. The lowest BCUT2D eigenvalue weighted by molar-refractivity contribution is -0.136. The van der Waals surface area contributed by atoms with E-state index in [1.165, 1.54) is 23.9 Å². The number of ketones is 1. The number of phenols is 1. The maximum absolute atomic E-state index is 13.6. The van der Waals surface area contributed by atoms with E-state index in [0.717, 1.165) is 0 Å². The lowest BCUT2D eigenvalue weighted by Gasteiger charge is -2.28. The fourth-order valence-electron chi connectivity index (χ4n) is 3.38. The minimum Gasteiger partial charge on any atom is -0.508 e. The van der Waals surface area contributed by atoms with Gasteiger partial charge in [0.1, 0.15) is 23.2 Å². The summed E-state index contributed by atoms with van der Waals surface area (Å²) in [6.07, 6.45) is 0. The molecule has 1 aliphatic heterocycles. The number of anilines is 1. The molecular formula is C21H19N5O5. The fourth-order valence-corrected chi connectivity index (χ4v) is 3.38. The Balaban J connectivity index is 1.87. The molecule has 0 radical (unpaired) electrons. The number of methoxy groups -OCH3 is 1. The van der Waals surface area contributed by atoms with Crippen LogP contribution in [-0.2, 0) is 9.53 Å². The number of benzene rings is 2. The van der Waals surface area contributed by atoms with Crippen LogP contribution in [0.25, 0.3) is 0 Å². The van der Waals surface area contributed by atoms with Gasteiger partial charge >= 0.3 is 5.97 Å². The summed E-state index contributed by atoms with van der Waals surface area (Å²) >= 11 is 0. The number of carbonyl (C=O) groups excluding carboxylic acids is 2. The Morgan fingerprint density at radius 3 is 2.48 bits per heavy atom. The van der Waals surface area contributed by atoms with Crippen molar-refractivity contribution in [3.05, 3.63) is 70.9 Å². The number of hydrogen-bond acceptors (Lipinski definition) is 9. The topological polar surface area (TPSA) is 128 Å². The smallest absolute Gasteiger partial charge is 0.355 e. The van der Waals surface area contributed by atoms with Crippen LogP contribution in [0.5, 0.6) is 11.5 Å². The average molecular weight is 421 g/mol. The molecule has 2 N–H and O–H groups in total. The van der Waals surface area contributed by atoms with Crippen LogP contribution in [0.3, 0.4) is 0 Å². The van der Waals surface area contributed by atoms with Crippen LogP contribution in [0.1, 0.15) is 28.9 Å². The first-order valence-corrected chi connectivity index (χ1v) is 9.47. The molecule has 1 atom stereocenters. The molecule has 0 spiro atoms. The summed E-state index contributed by atoms with van der Waals surface area (Å²) in [5.41, 5.74) is 1.01. The highest BCUT2D eigenvalue weighted by Gasteiger charge is 2.38. The first-order chi connectivity index (χ1) is 15.0. The number of phenolic OH excluding ortho intramolecular Hbond substituents is 1. The van der Waals surface area contributed by atoms with Crippen LogP contribution in [0.4, 0.5) is 5.95 Å². The van der Waals surface area contributed by atoms with Gasteiger partial charge in [-0.3, -0.25) is 4.79 Å². The molecule has 0 amide bonds. The monoisotopic (exact) mass is 421 g/mol. The van der Waals surface area contributed by atoms with Gasteiger partial charge in [0.25, 0.3) is 0 Å². The molecule has 1 aliphatic rings. The Kier molecular flexibility index (Phi) is 5.35. The van der Waals surface area contributed by atoms with Crippen molar-refractivity contribution in [3.8, 4) is 11.5 Å². The number of hydrogen-bond donors (Lipinski definition) is 2. The van der Waals surface area contributed by atoms with E-state index in [4.69, 9.17) is 9.47 Å². The second kappa shape index (κ2) is 8.27. The predicted octanol–water partition coefficient (Wildman–Crippen LogP) is 2.10. The van der Waals surface area contributed by atoms with E-state index in [9.17, 15) is 14.7 Å². The number of rotatable bonds is 6. The molecule has 0 saturated heterocycles. The number of tetrazole rings is 1. The van der Waals surface area contributed by atoms with E-state index in [0.29, 0.717) is 23.5 Å². The van der Waals surface area contributed by atoms with Crippen molar-refractivity contribution in [1.29, 1.82) is 0 Å². The maximum atomic E-state index is 13.6. The van der Waals surface area contributed by atoms with Gasteiger partial charge in [-0.1, -0.05) is 17.2 Å². The minimum atomic E-state index is -0.819. The van der Waals surface area contributed by atoms with Gasteiger partial charge in [0.15, 0.2) is 5.78 Å². The molecule has 0 bridgehead atoms. The quantitative estimate of drug-likeness (QED) is 0.454. The number of carbonyl (C=O) groups is 2. The van der Waals surface area contributed by atoms with Crippen LogP contribution in [0.15, 0.2) is 59.8 Å². The van der Waals surface area contributed by atoms with Gasteiger partial charge in [-0.25, -0.2) is 4.79 Å². The SMILES string of the molecule is CCOc1ccc(C(=O)C2=C(C(=O)OC)Nc3nnnn3C2c2ccc(O)cc2)cc1. The molecular weight excluding hydrogens is 402 g/mol. The number of aromatic hydroxyl groups is 1. The standard InChI is InChI=1S/C21H19N5O5/c1-3-31-15-10-6-13(7-11-15)19(28)16-17(20(29)30-2)22-21-23-24-25-26(21)18(16)12-4-8-14(27)9-5-12/h4-11,18,27H,3H2,1-2H3,(H,22,23,25). The third-order valence-corrected chi connectivity index (χ3v) is 4.79. The van der Waals surface area contributed by atoms with E-state index in [2.05, 4.69) is 20.8 Å². The third-order valence-electron chi connectivity index (χ3n) is 4.79. The van der Waals surface area contributed by atoms with Crippen molar-refractivity contribution in [2.24, 2.45) is 0 Å². The molecule has 10 nitrogen and oxygen atoms in total. The summed E-state index contributed by atoms with van der Waals surface area (Å²) in [6.45, 7) is 2.37. The summed E-state index contributed by atoms with van der Waals surface area (Å²) in [4.78, 5) is 26.2. The molecule has 1 unspecified atom stereocenters. The predicted molar refractivity (Wildman–Crippen MR) is 109 cm³/mol. The number of nitrogens with one attached hydrogen (secondary N) is 1. The molecule has 0 fully saturated rings. The van der Waals surface area contributed by atoms with Crippen molar-refractivity contribution in [1.82, 2.24) is 20.2 Å². The van der Waals surface area contributed by atoms with Gasteiger partial charge in [-0.2, -0.15) is 4.68 Å². The number of ether oxygens (including phenoxy) is 2. The minimum absolute atomic E-state index is 0.0539. The van der Waals surface area contributed by atoms with Gasteiger partial charge in [0.05, 0.1) is 19.3 Å². The zero-order chi connectivity index (χ0) is 22.0.